The molecule has 5 nitrogen and oxygen atoms in total. The molecule has 1 aliphatic rings. The van der Waals surface area contributed by atoms with Gasteiger partial charge in [0, 0.05) is 18.3 Å². The van der Waals surface area contributed by atoms with Gasteiger partial charge in [-0.15, -0.1) is 0 Å². The lowest BCUT2D eigenvalue weighted by Gasteiger charge is -2.09. The van der Waals surface area contributed by atoms with Crippen molar-refractivity contribution in [2.75, 3.05) is 17.7 Å². The summed E-state index contributed by atoms with van der Waals surface area (Å²) in [6.07, 6.45) is 1.95. The van der Waals surface area contributed by atoms with Crippen molar-refractivity contribution in [3.8, 4) is 11.3 Å². The average molecular weight is 229 g/mol. The number of fused-ring (bicyclic) bond motifs is 1. The van der Waals surface area contributed by atoms with Crippen LogP contribution in [0.4, 0.5) is 11.7 Å². The first-order valence-electron chi connectivity index (χ1n) is 5.26. The Morgan fingerprint density at radius 1 is 1.47 bits per heavy atom. The zero-order chi connectivity index (χ0) is 12.0. The number of rotatable bonds is 1. The molecule has 17 heavy (non-hydrogen) atoms. The Labute approximate surface area is 97.9 Å². The summed E-state index contributed by atoms with van der Waals surface area (Å²) >= 11 is 0. The van der Waals surface area contributed by atoms with Crippen molar-refractivity contribution in [2.24, 2.45) is 0 Å². The van der Waals surface area contributed by atoms with E-state index in [-0.39, 0.29) is 11.9 Å². The summed E-state index contributed by atoms with van der Waals surface area (Å²) in [6, 6.07) is 5.92. The van der Waals surface area contributed by atoms with Crippen LogP contribution in [0.1, 0.15) is 5.56 Å². The third-order valence-corrected chi connectivity index (χ3v) is 2.97. The van der Waals surface area contributed by atoms with Crippen LogP contribution in [0.3, 0.4) is 0 Å². The van der Waals surface area contributed by atoms with Crippen molar-refractivity contribution in [1.29, 1.82) is 0 Å². The normalized spacial score (nSPS) is 14.2. The van der Waals surface area contributed by atoms with Crippen molar-refractivity contribution in [3.63, 3.8) is 0 Å². The van der Waals surface area contributed by atoms with Gasteiger partial charge in [-0.25, -0.2) is 0 Å². The van der Waals surface area contributed by atoms with Gasteiger partial charge in [0.2, 0.25) is 5.91 Å². The molecule has 86 valence electrons. The number of carbonyl (C=O) groups excluding carboxylic acids is 1. The molecule has 5 heteroatoms. The number of nitrogen functional groups attached to an aromatic ring is 1. The molecule has 1 aliphatic heterocycles. The maximum absolute atomic E-state index is 11.6. The minimum absolute atomic E-state index is 0.108. The molecule has 2 aromatic rings. The van der Waals surface area contributed by atoms with Gasteiger partial charge in [-0.2, -0.15) is 4.98 Å². The van der Waals surface area contributed by atoms with Crippen molar-refractivity contribution in [3.05, 3.63) is 30.0 Å². The summed E-state index contributed by atoms with van der Waals surface area (Å²) < 4.78 is 4.97. The standard InChI is InChI=1S/C12H11N3O2/c1-15-10-3-2-7(4-8(10)5-11(15)16)9-6-17-12(13)14-9/h2-4,6H,5H2,1H3,(H2,13,14). The van der Waals surface area contributed by atoms with Crippen molar-refractivity contribution >= 4 is 17.6 Å². The van der Waals surface area contributed by atoms with Gasteiger partial charge in [0.15, 0.2) is 0 Å². The second-order valence-corrected chi connectivity index (χ2v) is 4.04. The maximum atomic E-state index is 11.6. The fourth-order valence-corrected chi connectivity index (χ4v) is 2.05. The van der Waals surface area contributed by atoms with Gasteiger partial charge in [0.25, 0.3) is 6.01 Å². The predicted octanol–water partition coefficient (Wildman–Crippen LogP) is 1.44. The first-order valence-corrected chi connectivity index (χ1v) is 5.26. The second-order valence-electron chi connectivity index (χ2n) is 4.04. The Morgan fingerprint density at radius 2 is 2.29 bits per heavy atom. The summed E-state index contributed by atoms with van der Waals surface area (Å²) in [6.45, 7) is 0. The highest BCUT2D eigenvalue weighted by Crippen LogP contribution is 2.31. The number of hydrogen-bond donors (Lipinski definition) is 1. The number of anilines is 2. The molecule has 0 radical (unpaired) electrons. The molecule has 0 bridgehead atoms. The molecule has 0 atom stereocenters. The van der Waals surface area contributed by atoms with E-state index in [4.69, 9.17) is 10.2 Å². The van der Waals surface area contributed by atoms with Crippen LogP contribution in [0.5, 0.6) is 0 Å². The monoisotopic (exact) mass is 229 g/mol. The van der Waals surface area contributed by atoms with Gasteiger partial charge < -0.3 is 15.1 Å². The summed E-state index contributed by atoms with van der Waals surface area (Å²) in [5, 5.41) is 0. The van der Waals surface area contributed by atoms with Crippen LogP contribution < -0.4 is 10.6 Å². The highest BCUT2D eigenvalue weighted by Gasteiger charge is 2.24. The Balaban J connectivity index is 2.06. The SMILES string of the molecule is CN1C(=O)Cc2cc(-c3coc(N)n3)ccc21. The number of nitrogens with two attached hydrogens (primary N) is 1. The van der Waals surface area contributed by atoms with Crippen molar-refractivity contribution < 1.29 is 9.21 Å². The lowest BCUT2D eigenvalue weighted by Crippen LogP contribution is -2.20. The van der Waals surface area contributed by atoms with Gasteiger partial charge >= 0.3 is 0 Å². The van der Waals surface area contributed by atoms with Crippen LogP contribution in [0.15, 0.2) is 28.9 Å². The van der Waals surface area contributed by atoms with Crippen LogP contribution in [0.25, 0.3) is 11.3 Å². The molecule has 1 amide bonds. The molecule has 0 saturated carbocycles. The number of hydrogen-bond acceptors (Lipinski definition) is 4. The van der Waals surface area contributed by atoms with Gasteiger partial charge in [0.05, 0.1) is 6.42 Å². The van der Waals surface area contributed by atoms with E-state index in [0.29, 0.717) is 12.1 Å². The quantitative estimate of drug-likeness (QED) is 0.803. The molecule has 0 aliphatic carbocycles. The van der Waals surface area contributed by atoms with E-state index in [0.717, 1.165) is 16.8 Å². The van der Waals surface area contributed by atoms with Crippen molar-refractivity contribution in [1.82, 2.24) is 4.98 Å². The molecule has 2 N–H and O–H groups in total. The molecule has 2 heterocycles. The van der Waals surface area contributed by atoms with Gasteiger partial charge in [0.1, 0.15) is 12.0 Å². The molecule has 0 spiro atoms. The molecular formula is C12H11N3O2. The predicted molar refractivity (Wildman–Crippen MR) is 63.5 cm³/mol. The van der Waals surface area contributed by atoms with Crippen LogP contribution in [0.2, 0.25) is 0 Å². The third kappa shape index (κ3) is 1.47. The lowest BCUT2D eigenvalue weighted by molar-refractivity contribution is -0.117. The number of nitrogens with zero attached hydrogens (tertiary/aromatic N) is 2. The molecule has 0 unspecified atom stereocenters. The zero-order valence-electron chi connectivity index (χ0n) is 9.30. The highest BCUT2D eigenvalue weighted by molar-refractivity contribution is 6.01. The van der Waals surface area contributed by atoms with E-state index in [1.54, 1.807) is 11.9 Å². The molecule has 0 fully saturated rings. The topological polar surface area (TPSA) is 72.4 Å². The molecule has 1 aromatic heterocycles. The maximum Gasteiger partial charge on any atom is 0.292 e. The highest BCUT2D eigenvalue weighted by atomic mass is 16.4. The molecule has 1 aromatic carbocycles. The Bertz CT molecular complexity index is 604. The lowest BCUT2D eigenvalue weighted by atomic mass is 10.1. The number of aromatic nitrogens is 1. The molecule has 3 rings (SSSR count). The smallest absolute Gasteiger partial charge is 0.292 e. The Morgan fingerprint density at radius 3 is 3.00 bits per heavy atom. The van der Waals surface area contributed by atoms with Crippen LogP contribution in [-0.2, 0) is 11.2 Å². The number of benzene rings is 1. The largest absolute Gasteiger partial charge is 0.432 e. The fourth-order valence-electron chi connectivity index (χ4n) is 2.05. The van der Waals surface area contributed by atoms with Gasteiger partial charge in [-0.3, -0.25) is 4.79 Å². The third-order valence-electron chi connectivity index (χ3n) is 2.97. The average Bonchev–Trinajstić information content (AvgIpc) is 2.85. The van der Waals surface area contributed by atoms with E-state index in [1.807, 2.05) is 18.2 Å². The fraction of sp³-hybridized carbons (Fsp3) is 0.167. The Kier molecular flexibility index (Phi) is 1.95. The van der Waals surface area contributed by atoms with E-state index in [9.17, 15) is 4.79 Å². The first-order chi connectivity index (χ1) is 8.15. The number of oxazole rings is 1. The Hall–Kier alpha value is -2.30. The number of amides is 1. The summed E-state index contributed by atoms with van der Waals surface area (Å²) in [7, 11) is 1.78. The van der Waals surface area contributed by atoms with E-state index < -0.39 is 0 Å². The van der Waals surface area contributed by atoms with Crippen molar-refractivity contribution in [2.45, 2.75) is 6.42 Å². The van der Waals surface area contributed by atoms with Gasteiger partial charge in [-0.05, 0) is 17.7 Å². The molecular weight excluding hydrogens is 218 g/mol. The van der Waals surface area contributed by atoms with Crippen LogP contribution in [-0.4, -0.2) is 17.9 Å². The molecule has 0 saturated heterocycles. The summed E-state index contributed by atoms with van der Waals surface area (Å²) in [5.41, 5.74) is 8.99. The summed E-state index contributed by atoms with van der Waals surface area (Å²) in [4.78, 5) is 17.3. The van der Waals surface area contributed by atoms with Crippen LogP contribution in [0, 0.1) is 0 Å². The minimum Gasteiger partial charge on any atom is -0.432 e. The van der Waals surface area contributed by atoms with E-state index in [2.05, 4.69) is 4.98 Å². The zero-order valence-corrected chi connectivity index (χ0v) is 9.30. The van der Waals surface area contributed by atoms with Gasteiger partial charge in [-0.1, -0.05) is 6.07 Å². The number of likely N-dealkylation sites (N-methyl/N-ethyl adjacent to an activating group) is 1. The second kappa shape index (κ2) is 3.35. The minimum atomic E-state index is 0.108. The first kappa shape index (κ1) is 9.89. The van der Waals surface area contributed by atoms with E-state index >= 15 is 0 Å². The van der Waals surface area contributed by atoms with E-state index in [1.165, 1.54) is 6.26 Å². The number of carbonyl (C=O) groups is 1. The van der Waals surface area contributed by atoms with Crippen LogP contribution >= 0.6 is 0 Å². The summed E-state index contributed by atoms with van der Waals surface area (Å²) in [5.74, 6) is 0.108.